The van der Waals surface area contributed by atoms with Gasteiger partial charge in [0.05, 0.1) is 6.20 Å². The van der Waals surface area contributed by atoms with Crippen LogP contribution in [0.2, 0.25) is 0 Å². The number of nitrogens with two attached hydrogens (primary N) is 1. The molecule has 0 aliphatic carbocycles. The summed E-state index contributed by atoms with van der Waals surface area (Å²) in [6, 6.07) is 3.30. The highest BCUT2D eigenvalue weighted by Gasteiger charge is 2.23. The van der Waals surface area contributed by atoms with Crippen molar-refractivity contribution in [3.63, 3.8) is 0 Å². The number of unbranched alkanes of at least 4 members (excludes halogenated alkanes) is 1. The second-order valence-electron chi connectivity index (χ2n) is 5.75. The lowest BCUT2D eigenvalue weighted by Gasteiger charge is -2.12. The first kappa shape index (κ1) is 17.1. The van der Waals surface area contributed by atoms with Crippen molar-refractivity contribution in [3.8, 4) is 5.75 Å². The van der Waals surface area contributed by atoms with Crippen LogP contribution >= 0.6 is 0 Å². The first-order valence-electron chi connectivity index (χ1n) is 7.67. The van der Waals surface area contributed by atoms with Crippen molar-refractivity contribution in [3.05, 3.63) is 29.9 Å². The van der Waals surface area contributed by atoms with Gasteiger partial charge in [-0.25, -0.2) is 9.37 Å². The van der Waals surface area contributed by atoms with E-state index in [2.05, 4.69) is 22.2 Å². The molecule has 0 bridgehead atoms. The Hall–Kier alpha value is -2.31. The lowest BCUT2D eigenvalue weighted by atomic mass is 10.1. The Labute approximate surface area is 135 Å². The zero-order chi connectivity index (χ0) is 16.9. The van der Waals surface area contributed by atoms with E-state index >= 15 is 0 Å². The molecule has 0 saturated carbocycles. The number of hydrogen-bond acceptors (Lipinski definition) is 6. The number of rotatable bonds is 8. The molecule has 0 radical (unpaired) electrons. The summed E-state index contributed by atoms with van der Waals surface area (Å²) in [5.74, 6) is 2.00. The summed E-state index contributed by atoms with van der Waals surface area (Å²) >= 11 is 0. The number of anilines is 2. The molecule has 7 heteroatoms. The van der Waals surface area contributed by atoms with Crippen LogP contribution in [-0.4, -0.2) is 16.5 Å². The summed E-state index contributed by atoms with van der Waals surface area (Å²) in [5, 5.41) is 3.17. The van der Waals surface area contributed by atoms with Gasteiger partial charge in [-0.05, 0) is 32.4 Å². The van der Waals surface area contributed by atoms with Crippen molar-refractivity contribution in [2.75, 3.05) is 17.6 Å². The molecule has 2 heterocycles. The molecule has 0 unspecified atom stereocenters. The van der Waals surface area contributed by atoms with E-state index in [9.17, 15) is 4.39 Å². The van der Waals surface area contributed by atoms with E-state index in [-0.39, 0.29) is 18.3 Å². The molecule has 6 nitrogen and oxygen atoms in total. The van der Waals surface area contributed by atoms with Gasteiger partial charge >= 0.3 is 0 Å². The topological polar surface area (TPSA) is 86.2 Å². The zero-order valence-electron chi connectivity index (χ0n) is 13.7. The zero-order valence-corrected chi connectivity index (χ0v) is 13.7. The molecular weight excluding hydrogens is 299 g/mol. The Morgan fingerprint density at radius 3 is 2.83 bits per heavy atom. The van der Waals surface area contributed by atoms with E-state index in [0.717, 1.165) is 19.4 Å². The third kappa shape index (κ3) is 4.84. The summed E-state index contributed by atoms with van der Waals surface area (Å²) in [4.78, 5) is 8.08. The first-order chi connectivity index (χ1) is 10.9. The number of furan rings is 1. The predicted octanol–water partition coefficient (Wildman–Crippen LogP) is 3.65. The van der Waals surface area contributed by atoms with Gasteiger partial charge in [-0.1, -0.05) is 13.3 Å². The van der Waals surface area contributed by atoms with Gasteiger partial charge < -0.3 is 20.2 Å². The van der Waals surface area contributed by atoms with Crippen LogP contribution in [0.4, 0.5) is 16.2 Å². The minimum absolute atomic E-state index is 0.159. The van der Waals surface area contributed by atoms with E-state index in [1.807, 2.05) is 0 Å². The fourth-order valence-electron chi connectivity index (χ4n) is 1.92. The van der Waals surface area contributed by atoms with E-state index in [4.69, 9.17) is 14.9 Å². The molecular formula is C16H23FN4O2. The summed E-state index contributed by atoms with van der Waals surface area (Å²) in [7, 11) is 0. The van der Waals surface area contributed by atoms with Gasteiger partial charge in [0.2, 0.25) is 5.95 Å². The molecule has 2 aromatic heterocycles. The quantitative estimate of drug-likeness (QED) is 0.722. The number of nitrogen functional groups attached to an aromatic ring is 1. The van der Waals surface area contributed by atoms with Gasteiger partial charge in [-0.2, -0.15) is 4.98 Å². The third-order valence-corrected chi connectivity index (χ3v) is 3.21. The highest BCUT2D eigenvalue weighted by Crippen LogP contribution is 2.27. The number of hydrogen-bond donors (Lipinski definition) is 2. The summed E-state index contributed by atoms with van der Waals surface area (Å²) < 4.78 is 24.9. The molecule has 0 saturated heterocycles. The van der Waals surface area contributed by atoms with Gasteiger partial charge in [0, 0.05) is 6.54 Å². The lowest BCUT2D eigenvalue weighted by molar-refractivity contribution is 0.168. The lowest BCUT2D eigenvalue weighted by Crippen LogP contribution is -2.09. The Morgan fingerprint density at radius 1 is 1.39 bits per heavy atom. The van der Waals surface area contributed by atoms with Gasteiger partial charge in [0.1, 0.15) is 18.1 Å². The third-order valence-electron chi connectivity index (χ3n) is 3.21. The molecule has 126 valence electrons. The van der Waals surface area contributed by atoms with E-state index in [0.29, 0.717) is 17.3 Å². The fraction of sp³-hybridized carbons (Fsp3) is 0.500. The van der Waals surface area contributed by atoms with Crippen LogP contribution in [0.15, 0.2) is 22.7 Å². The van der Waals surface area contributed by atoms with Crippen LogP contribution in [0, 0.1) is 0 Å². The Bertz CT molecular complexity index is 637. The number of alkyl halides is 1. The van der Waals surface area contributed by atoms with Crippen LogP contribution in [0.3, 0.4) is 0 Å². The maximum atomic E-state index is 13.8. The molecule has 3 N–H and O–H groups in total. The maximum absolute atomic E-state index is 13.8. The van der Waals surface area contributed by atoms with Crippen molar-refractivity contribution >= 4 is 11.8 Å². The van der Waals surface area contributed by atoms with Crippen LogP contribution in [0.5, 0.6) is 5.75 Å². The highest BCUT2D eigenvalue weighted by atomic mass is 19.1. The molecule has 0 aromatic carbocycles. The van der Waals surface area contributed by atoms with Crippen molar-refractivity contribution < 1.29 is 13.5 Å². The van der Waals surface area contributed by atoms with Crippen LogP contribution in [-0.2, 0) is 12.3 Å². The monoisotopic (exact) mass is 322 g/mol. The van der Waals surface area contributed by atoms with Crippen LogP contribution in [0.1, 0.15) is 45.1 Å². The van der Waals surface area contributed by atoms with Crippen molar-refractivity contribution in [1.82, 2.24) is 9.97 Å². The number of halogens is 1. The Kier molecular flexibility index (Phi) is 5.41. The minimum atomic E-state index is -1.52. The summed E-state index contributed by atoms with van der Waals surface area (Å²) in [6.07, 6.45) is 3.59. The first-order valence-corrected chi connectivity index (χ1v) is 7.67. The summed E-state index contributed by atoms with van der Waals surface area (Å²) in [5.41, 5.74) is 4.09. The second kappa shape index (κ2) is 7.30. The standard InChI is InChI=1S/C16H23FN4O2/c1-4-5-8-19-14-12(9-20-15(18)21-14)22-10-11-6-7-13(23-11)16(2,3)17/h6-7,9H,4-5,8,10H2,1-3H3,(H3,18,19,20,21). The molecule has 0 aliphatic heterocycles. The molecule has 2 aromatic rings. The smallest absolute Gasteiger partial charge is 0.222 e. The normalized spacial score (nSPS) is 11.5. The second-order valence-corrected chi connectivity index (χ2v) is 5.75. The number of ether oxygens (including phenoxy) is 1. The molecule has 0 fully saturated rings. The summed E-state index contributed by atoms with van der Waals surface area (Å²) in [6.45, 7) is 5.92. The number of nitrogens with one attached hydrogen (secondary N) is 1. The molecule has 0 aliphatic rings. The Balaban J connectivity index is 2.03. The van der Waals surface area contributed by atoms with Crippen molar-refractivity contribution in [2.24, 2.45) is 0 Å². The fourth-order valence-corrected chi connectivity index (χ4v) is 1.92. The molecule has 23 heavy (non-hydrogen) atoms. The van der Waals surface area contributed by atoms with Crippen molar-refractivity contribution in [1.29, 1.82) is 0 Å². The van der Waals surface area contributed by atoms with E-state index in [1.165, 1.54) is 20.0 Å². The SMILES string of the molecule is CCCCNc1nc(N)ncc1OCc1ccc(C(C)(C)F)o1. The van der Waals surface area contributed by atoms with Gasteiger partial charge in [0.25, 0.3) is 0 Å². The van der Waals surface area contributed by atoms with Crippen LogP contribution in [0.25, 0.3) is 0 Å². The average Bonchev–Trinajstić information content (AvgIpc) is 2.96. The number of aromatic nitrogens is 2. The molecule has 0 atom stereocenters. The Morgan fingerprint density at radius 2 is 2.17 bits per heavy atom. The maximum Gasteiger partial charge on any atom is 0.222 e. The van der Waals surface area contributed by atoms with Gasteiger partial charge in [-0.3, -0.25) is 0 Å². The highest BCUT2D eigenvalue weighted by molar-refractivity contribution is 5.51. The predicted molar refractivity (Wildman–Crippen MR) is 87.0 cm³/mol. The molecule has 0 amide bonds. The van der Waals surface area contributed by atoms with E-state index < -0.39 is 5.67 Å². The molecule has 2 rings (SSSR count). The number of nitrogens with zero attached hydrogens (tertiary/aromatic N) is 2. The average molecular weight is 322 g/mol. The van der Waals surface area contributed by atoms with Crippen LogP contribution < -0.4 is 15.8 Å². The largest absolute Gasteiger partial charge is 0.480 e. The van der Waals surface area contributed by atoms with Gasteiger partial charge in [0.15, 0.2) is 17.2 Å². The van der Waals surface area contributed by atoms with E-state index in [1.54, 1.807) is 12.1 Å². The molecule has 0 spiro atoms. The van der Waals surface area contributed by atoms with Gasteiger partial charge in [-0.15, -0.1) is 0 Å². The minimum Gasteiger partial charge on any atom is -0.480 e. The van der Waals surface area contributed by atoms with Crippen molar-refractivity contribution in [2.45, 2.75) is 45.9 Å².